The molecule has 0 bridgehead atoms. The Morgan fingerprint density at radius 1 is 1.07 bits per heavy atom. The van der Waals surface area contributed by atoms with E-state index in [4.69, 9.17) is 14.2 Å². The molecule has 1 saturated heterocycles. The lowest BCUT2D eigenvalue weighted by molar-refractivity contribution is 0.114. The summed E-state index contributed by atoms with van der Waals surface area (Å²) in [6.45, 7) is 4.20. The molecule has 1 aliphatic heterocycles. The van der Waals surface area contributed by atoms with Crippen molar-refractivity contribution in [2.24, 2.45) is 0 Å². The van der Waals surface area contributed by atoms with Gasteiger partial charge in [-0.25, -0.2) is 0 Å². The highest BCUT2D eigenvalue weighted by Gasteiger charge is 2.28. The number of benzene rings is 2. The molecule has 5 heteroatoms. The zero-order valence-corrected chi connectivity index (χ0v) is 15.7. The first-order valence-electron chi connectivity index (χ1n) is 9.22. The largest absolute Gasteiger partial charge is 0.497 e. The molecule has 0 radical (unpaired) electrons. The van der Waals surface area contributed by atoms with Crippen LogP contribution in [-0.2, 0) is 4.74 Å². The number of anilines is 1. The fourth-order valence-electron chi connectivity index (χ4n) is 3.44. The minimum Gasteiger partial charge on any atom is -0.497 e. The average molecular weight is 364 g/mol. The minimum atomic E-state index is -0.0982. The van der Waals surface area contributed by atoms with Crippen LogP contribution in [0, 0.1) is 0 Å². The molecule has 2 heterocycles. The van der Waals surface area contributed by atoms with E-state index < -0.39 is 0 Å². The van der Waals surface area contributed by atoms with Gasteiger partial charge in [0.2, 0.25) is 0 Å². The Morgan fingerprint density at radius 2 is 1.89 bits per heavy atom. The first-order chi connectivity index (χ1) is 13.3. The summed E-state index contributed by atoms with van der Waals surface area (Å²) < 4.78 is 19.2. The molecule has 0 N–H and O–H groups in total. The van der Waals surface area contributed by atoms with Gasteiger partial charge in [-0.2, -0.15) is 0 Å². The van der Waals surface area contributed by atoms with Crippen molar-refractivity contribution < 1.29 is 14.2 Å². The lowest BCUT2D eigenvalue weighted by Gasteiger charge is -2.24. The third-order valence-electron chi connectivity index (χ3n) is 4.74. The molecule has 140 valence electrons. The van der Waals surface area contributed by atoms with E-state index in [9.17, 15) is 0 Å². The highest BCUT2D eigenvalue weighted by Crippen LogP contribution is 2.34. The maximum atomic E-state index is 6.04. The number of rotatable bonds is 6. The van der Waals surface area contributed by atoms with Crippen molar-refractivity contribution in [3.63, 3.8) is 0 Å². The second-order valence-corrected chi connectivity index (χ2v) is 6.37. The maximum Gasteiger partial charge on any atom is 0.158 e. The number of hydrogen-bond donors (Lipinski definition) is 0. The third-order valence-corrected chi connectivity index (χ3v) is 4.74. The zero-order chi connectivity index (χ0) is 18.6. The zero-order valence-electron chi connectivity index (χ0n) is 15.7. The van der Waals surface area contributed by atoms with Crippen molar-refractivity contribution in [3.8, 4) is 17.2 Å². The van der Waals surface area contributed by atoms with E-state index in [1.165, 1.54) is 0 Å². The van der Waals surface area contributed by atoms with Gasteiger partial charge in [0.15, 0.2) is 6.23 Å². The third kappa shape index (κ3) is 3.51. The van der Waals surface area contributed by atoms with Gasteiger partial charge in [-0.3, -0.25) is 0 Å². The fourth-order valence-corrected chi connectivity index (χ4v) is 3.44. The van der Waals surface area contributed by atoms with E-state index >= 15 is 0 Å². The Bertz CT molecular complexity index is 889. The predicted molar refractivity (Wildman–Crippen MR) is 106 cm³/mol. The van der Waals surface area contributed by atoms with Crippen LogP contribution in [0.4, 0.5) is 5.69 Å². The van der Waals surface area contributed by atoms with Crippen LogP contribution in [0.15, 0.2) is 67.0 Å². The molecule has 5 nitrogen and oxygen atoms in total. The van der Waals surface area contributed by atoms with E-state index in [-0.39, 0.29) is 6.23 Å². The maximum absolute atomic E-state index is 6.04. The van der Waals surface area contributed by atoms with Crippen molar-refractivity contribution in [2.75, 3.05) is 31.8 Å². The average Bonchev–Trinajstić information content (AvgIpc) is 3.38. The van der Waals surface area contributed by atoms with Crippen LogP contribution < -0.4 is 14.4 Å². The molecule has 4 rings (SSSR count). The Balaban J connectivity index is 1.60. The first-order valence-corrected chi connectivity index (χ1v) is 9.22. The second-order valence-electron chi connectivity index (χ2n) is 6.37. The fraction of sp³-hybridized carbons (Fsp3) is 0.273. The van der Waals surface area contributed by atoms with Gasteiger partial charge in [-0.05, 0) is 49.4 Å². The van der Waals surface area contributed by atoms with E-state index in [1.807, 2.05) is 37.3 Å². The monoisotopic (exact) mass is 364 g/mol. The van der Waals surface area contributed by atoms with Crippen LogP contribution >= 0.6 is 0 Å². The van der Waals surface area contributed by atoms with Gasteiger partial charge < -0.3 is 23.7 Å². The molecule has 3 aromatic rings. The van der Waals surface area contributed by atoms with Crippen LogP contribution in [0.3, 0.4) is 0 Å². The predicted octanol–water partition coefficient (Wildman–Crippen LogP) is 4.42. The minimum absolute atomic E-state index is 0.0982. The standard InChI is InChI=1S/C22H24N2O3/c1-3-26-21-7-5-4-6-20(21)23-13-12-17(16-23)22-24(14-15-27-22)18-8-10-19(25-2)11-9-18/h4-13,16,22H,3,14-15H2,1-2H3/t22-/m1/s1. The number of methoxy groups -OCH3 is 1. The quantitative estimate of drug-likeness (QED) is 0.649. The molecular weight excluding hydrogens is 340 g/mol. The molecular formula is C22H24N2O3. The second kappa shape index (κ2) is 7.76. The summed E-state index contributed by atoms with van der Waals surface area (Å²) in [6.07, 6.45) is 4.07. The molecule has 0 aliphatic carbocycles. The molecule has 27 heavy (non-hydrogen) atoms. The Labute approximate surface area is 159 Å². The molecule has 1 fully saturated rings. The van der Waals surface area contributed by atoms with Crippen LogP contribution in [0.5, 0.6) is 11.5 Å². The summed E-state index contributed by atoms with van der Waals surface area (Å²) in [4.78, 5) is 2.27. The molecule has 1 aromatic heterocycles. The number of nitrogens with zero attached hydrogens (tertiary/aromatic N) is 2. The van der Waals surface area contributed by atoms with Crippen molar-refractivity contribution in [1.29, 1.82) is 0 Å². The van der Waals surface area contributed by atoms with Crippen LogP contribution in [0.25, 0.3) is 5.69 Å². The number of para-hydroxylation sites is 2. The van der Waals surface area contributed by atoms with E-state index in [0.29, 0.717) is 13.2 Å². The highest BCUT2D eigenvalue weighted by molar-refractivity contribution is 5.52. The van der Waals surface area contributed by atoms with Gasteiger partial charge in [0.25, 0.3) is 0 Å². The summed E-state index contributed by atoms with van der Waals surface area (Å²) in [5.74, 6) is 1.73. The van der Waals surface area contributed by atoms with Crippen LogP contribution in [0.1, 0.15) is 18.7 Å². The number of hydrogen-bond acceptors (Lipinski definition) is 4. The van der Waals surface area contributed by atoms with Crippen molar-refractivity contribution in [1.82, 2.24) is 4.57 Å². The lowest BCUT2D eigenvalue weighted by Crippen LogP contribution is -2.22. The summed E-state index contributed by atoms with van der Waals surface area (Å²) in [5, 5.41) is 0. The molecule has 1 aliphatic rings. The van der Waals surface area contributed by atoms with Gasteiger partial charge in [-0.1, -0.05) is 12.1 Å². The Kier molecular flexibility index (Phi) is 5.03. The molecule has 0 unspecified atom stereocenters. The van der Waals surface area contributed by atoms with Crippen molar-refractivity contribution in [3.05, 3.63) is 72.6 Å². The summed E-state index contributed by atoms with van der Waals surface area (Å²) in [7, 11) is 1.68. The molecule has 1 atom stereocenters. The van der Waals surface area contributed by atoms with Gasteiger partial charge in [0.1, 0.15) is 11.5 Å². The Hall–Kier alpha value is -2.92. The van der Waals surface area contributed by atoms with E-state index in [1.54, 1.807) is 7.11 Å². The smallest absolute Gasteiger partial charge is 0.158 e. The van der Waals surface area contributed by atoms with Crippen molar-refractivity contribution in [2.45, 2.75) is 13.2 Å². The highest BCUT2D eigenvalue weighted by atomic mass is 16.5. The number of ether oxygens (including phenoxy) is 3. The summed E-state index contributed by atoms with van der Waals surface area (Å²) >= 11 is 0. The van der Waals surface area contributed by atoms with Gasteiger partial charge in [0, 0.05) is 30.2 Å². The molecule has 0 saturated carbocycles. The van der Waals surface area contributed by atoms with Gasteiger partial charge >= 0.3 is 0 Å². The van der Waals surface area contributed by atoms with Crippen molar-refractivity contribution >= 4 is 5.69 Å². The van der Waals surface area contributed by atoms with Gasteiger partial charge in [-0.15, -0.1) is 0 Å². The normalized spacial score (nSPS) is 16.5. The summed E-state index contributed by atoms with van der Waals surface area (Å²) in [6, 6.07) is 18.3. The first kappa shape index (κ1) is 17.5. The van der Waals surface area contributed by atoms with Gasteiger partial charge in [0.05, 0.1) is 26.0 Å². The van der Waals surface area contributed by atoms with Crippen LogP contribution in [0.2, 0.25) is 0 Å². The lowest BCUT2D eigenvalue weighted by atomic mass is 10.2. The SMILES string of the molecule is CCOc1ccccc1-n1ccc([C@H]2OCCN2c2ccc(OC)cc2)c1. The Morgan fingerprint density at radius 3 is 2.67 bits per heavy atom. The molecule has 0 spiro atoms. The van der Waals surface area contributed by atoms with E-state index in [0.717, 1.165) is 35.0 Å². The molecule has 0 amide bonds. The van der Waals surface area contributed by atoms with Crippen LogP contribution in [-0.4, -0.2) is 31.4 Å². The number of aromatic nitrogens is 1. The van der Waals surface area contributed by atoms with E-state index in [2.05, 4.69) is 46.1 Å². The summed E-state index contributed by atoms with van der Waals surface area (Å²) in [5.41, 5.74) is 3.27. The topological polar surface area (TPSA) is 35.9 Å². The molecule has 2 aromatic carbocycles.